The first-order valence-electron chi connectivity index (χ1n) is 12.4. The summed E-state index contributed by atoms with van der Waals surface area (Å²) in [6.07, 6.45) is 2.21. The number of hydrazine groups is 2. The topological polar surface area (TPSA) is 55.9 Å². The van der Waals surface area contributed by atoms with Gasteiger partial charge in [0.2, 0.25) is 0 Å². The number of carbonyl (C=O) groups is 2. The van der Waals surface area contributed by atoms with Crippen molar-refractivity contribution in [3.63, 3.8) is 0 Å². The van der Waals surface area contributed by atoms with Crippen LogP contribution < -0.4 is 5.43 Å². The van der Waals surface area contributed by atoms with Crippen molar-refractivity contribution in [2.24, 2.45) is 0 Å². The van der Waals surface area contributed by atoms with Crippen molar-refractivity contribution < 1.29 is 9.59 Å². The number of fused-ring (bicyclic) bond motifs is 3. The monoisotopic (exact) mass is 486 g/mol. The van der Waals surface area contributed by atoms with Crippen molar-refractivity contribution >= 4 is 17.5 Å². The Morgan fingerprint density at radius 2 is 1.30 bits per heavy atom. The second kappa shape index (κ2) is 9.76. The predicted octanol–water partition coefficient (Wildman–Crippen LogP) is 5.26. The summed E-state index contributed by atoms with van der Waals surface area (Å²) in [5.74, 6) is -0.333. The number of benzene rings is 4. The Hall–Kier alpha value is -4.68. The summed E-state index contributed by atoms with van der Waals surface area (Å²) in [4.78, 5) is 27.3. The van der Waals surface area contributed by atoms with Crippen LogP contribution in [0.5, 0.6) is 0 Å². The van der Waals surface area contributed by atoms with Gasteiger partial charge < -0.3 is 0 Å². The van der Waals surface area contributed by atoms with Crippen molar-refractivity contribution in [2.45, 2.75) is 12.6 Å². The van der Waals surface area contributed by atoms with Crippen LogP contribution in [0.2, 0.25) is 0 Å². The fraction of sp³-hybridized carbons (Fsp3) is 0.0968. The summed E-state index contributed by atoms with van der Waals surface area (Å²) >= 11 is 0. The molecule has 2 aliphatic heterocycles. The molecule has 0 bridgehead atoms. The molecule has 1 atom stereocenters. The maximum absolute atomic E-state index is 13.8. The highest BCUT2D eigenvalue weighted by Crippen LogP contribution is 2.41. The van der Waals surface area contributed by atoms with Gasteiger partial charge in [0.25, 0.3) is 11.8 Å². The lowest BCUT2D eigenvalue weighted by Crippen LogP contribution is -2.60. The normalized spacial score (nSPS) is 16.9. The van der Waals surface area contributed by atoms with Crippen LogP contribution in [0.3, 0.4) is 0 Å². The predicted molar refractivity (Wildman–Crippen MR) is 142 cm³/mol. The third kappa shape index (κ3) is 4.28. The van der Waals surface area contributed by atoms with Crippen LogP contribution in [0, 0.1) is 0 Å². The second-order valence-corrected chi connectivity index (χ2v) is 9.06. The van der Waals surface area contributed by atoms with E-state index < -0.39 is 6.17 Å². The highest BCUT2D eigenvalue weighted by atomic mass is 16.2. The van der Waals surface area contributed by atoms with Crippen LogP contribution in [0.4, 0.5) is 0 Å². The maximum Gasteiger partial charge on any atom is 0.272 e. The Balaban J connectivity index is 1.51. The number of rotatable bonds is 4. The van der Waals surface area contributed by atoms with E-state index in [1.807, 2.05) is 107 Å². The van der Waals surface area contributed by atoms with Gasteiger partial charge in [-0.2, -0.15) is 5.01 Å². The summed E-state index contributed by atoms with van der Waals surface area (Å²) in [7, 11) is 0. The molecule has 0 saturated heterocycles. The molecule has 0 aliphatic carbocycles. The van der Waals surface area contributed by atoms with Gasteiger partial charge in [-0.3, -0.25) is 20.0 Å². The number of hydrogen-bond donors (Lipinski definition) is 1. The van der Waals surface area contributed by atoms with E-state index in [0.717, 1.165) is 23.2 Å². The van der Waals surface area contributed by atoms with Gasteiger partial charge in [-0.1, -0.05) is 91.0 Å². The van der Waals surface area contributed by atoms with Gasteiger partial charge >= 0.3 is 0 Å². The molecule has 37 heavy (non-hydrogen) atoms. The zero-order chi connectivity index (χ0) is 25.2. The van der Waals surface area contributed by atoms with Crippen molar-refractivity contribution in [2.75, 3.05) is 6.54 Å². The highest BCUT2D eigenvalue weighted by molar-refractivity contribution is 5.96. The Morgan fingerprint density at radius 3 is 2.00 bits per heavy atom. The molecule has 0 radical (unpaired) electrons. The molecular weight excluding hydrogens is 460 g/mol. The number of nitrogens with zero attached hydrogens (tertiary/aromatic N) is 3. The molecule has 2 aliphatic rings. The fourth-order valence-corrected chi connectivity index (χ4v) is 5.01. The molecule has 0 unspecified atom stereocenters. The van der Waals surface area contributed by atoms with Crippen LogP contribution in [0.15, 0.2) is 121 Å². The largest absolute Gasteiger partial charge is 0.272 e. The Kier molecular flexibility index (Phi) is 6.00. The lowest BCUT2D eigenvalue weighted by molar-refractivity contribution is -0.0815. The average molecular weight is 487 g/mol. The van der Waals surface area contributed by atoms with Crippen LogP contribution in [0.25, 0.3) is 5.70 Å². The fourth-order valence-electron chi connectivity index (χ4n) is 5.01. The van der Waals surface area contributed by atoms with Gasteiger partial charge in [-0.15, -0.1) is 0 Å². The molecule has 6 rings (SSSR count). The van der Waals surface area contributed by atoms with Crippen LogP contribution in [-0.2, 0) is 6.42 Å². The molecule has 2 heterocycles. The van der Waals surface area contributed by atoms with E-state index in [1.54, 1.807) is 17.1 Å². The van der Waals surface area contributed by atoms with Crippen LogP contribution in [0.1, 0.15) is 43.6 Å². The third-order valence-electron chi connectivity index (χ3n) is 6.81. The highest BCUT2D eigenvalue weighted by Gasteiger charge is 2.42. The molecule has 0 spiro atoms. The molecule has 6 heteroatoms. The lowest BCUT2D eigenvalue weighted by atomic mass is 9.96. The first kappa shape index (κ1) is 22.8. The van der Waals surface area contributed by atoms with Crippen molar-refractivity contribution in [3.05, 3.63) is 149 Å². The number of carbonyl (C=O) groups excluding carboxylic acids is 2. The van der Waals surface area contributed by atoms with E-state index in [-0.39, 0.29) is 11.8 Å². The number of nitrogens with one attached hydrogen (secondary N) is 1. The molecule has 4 aromatic rings. The lowest BCUT2D eigenvalue weighted by Gasteiger charge is -2.51. The average Bonchev–Trinajstić information content (AvgIpc) is 2.98. The van der Waals surface area contributed by atoms with Crippen LogP contribution in [-0.4, -0.2) is 33.4 Å². The number of amides is 2. The summed E-state index contributed by atoms with van der Waals surface area (Å²) < 4.78 is 0. The molecule has 1 N–H and O–H groups in total. The summed E-state index contributed by atoms with van der Waals surface area (Å²) in [5.41, 5.74) is 8.21. The third-order valence-corrected chi connectivity index (χ3v) is 6.81. The molecule has 4 aromatic carbocycles. The van der Waals surface area contributed by atoms with E-state index in [1.165, 1.54) is 5.56 Å². The maximum atomic E-state index is 13.8. The second-order valence-electron chi connectivity index (χ2n) is 9.06. The molecule has 6 nitrogen and oxygen atoms in total. The van der Waals surface area contributed by atoms with E-state index in [4.69, 9.17) is 0 Å². The molecular formula is C31H26N4O2. The molecule has 0 aromatic heterocycles. The Labute approximate surface area is 216 Å². The van der Waals surface area contributed by atoms with Gasteiger partial charge in [0.15, 0.2) is 0 Å². The summed E-state index contributed by atoms with van der Waals surface area (Å²) in [6.45, 7) is 0.622. The van der Waals surface area contributed by atoms with Gasteiger partial charge in [0, 0.05) is 23.2 Å². The first-order chi connectivity index (χ1) is 18.2. The smallest absolute Gasteiger partial charge is 0.267 e. The Bertz CT molecular complexity index is 1450. The standard InChI is InChI=1S/C31H26N4O2/c36-29(25-15-6-2-7-16-25)32-35-28(24-13-4-1-5-14-24)22-34(31(37)26-17-8-3-9-18-26)33-21-20-23-12-10-11-19-27(23)30(33)35/h1-19,22,30H,20-21H2,(H,32,36)/t30-/m0/s1. The molecule has 182 valence electrons. The minimum atomic E-state index is -0.412. The van der Waals surface area contributed by atoms with Crippen molar-refractivity contribution in [1.29, 1.82) is 0 Å². The van der Waals surface area contributed by atoms with Gasteiger partial charge in [0.1, 0.15) is 6.17 Å². The quantitative estimate of drug-likeness (QED) is 0.428. The molecule has 0 fully saturated rings. The first-order valence-corrected chi connectivity index (χ1v) is 12.4. The SMILES string of the molecule is O=C(NN1C(c2ccccc2)=CN(C(=O)c2ccccc2)N2CCc3ccccc3[C@H]12)c1ccccc1. The summed E-state index contributed by atoms with van der Waals surface area (Å²) in [6, 6.07) is 36.5. The minimum absolute atomic E-state index is 0.118. The summed E-state index contributed by atoms with van der Waals surface area (Å²) in [5, 5.41) is 5.65. The van der Waals surface area contributed by atoms with E-state index >= 15 is 0 Å². The number of hydrogen-bond acceptors (Lipinski definition) is 4. The van der Waals surface area contributed by atoms with Gasteiger partial charge in [0.05, 0.1) is 11.9 Å². The van der Waals surface area contributed by atoms with Gasteiger partial charge in [-0.05, 0) is 41.8 Å². The van der Waals surface area contributed by atoms with E-state index in [9.17, 15) is 9.59 Å². The van der Waals surface area contributed by atoms with E-state index in [0.29, 0.717) is 17.7 Å². The van der Waals surface area contributed by atoms with Gasteiger partial charge in [-0.25, -0.2) is 5.01 Å². The van der Waals surface area contributed by atoms with Crippen molar-refractivity contribution in [1.82, 2.24) is 20.5 Å². The van der Waals surface area contributed by atoms with Crippen LogP contribution >= 0.6 is 0 Å². The molecule has 0 saturated carbocycles. The van der Waals surface area contributed by atoms with Crippen molar-refractivity contribution in [3.8, 4) is 0 Å². The minimum Gasteiger partial charge on any atom is -0.267 e. The zero-order valence-electron chi connectivity index (χ0n) is 20.2. The Morgan fingerprint density at radius 1 is 0.703 bits per heavy atom. The zero-order valence-corrected chi connectivity index (χ0v) is 20.2. The molecule has 2 amide bonds. The van der Waals surface area contributed by atoms with E-state index in [2.05, 4.69) is 17.6 Å².